The van der Waals surface area contributed by atoms with Crippen molar-refractivity contribution in [2.75, 3.05) is 18.8 Å². The van der Waals surface area contributed by atoms with Crippen LogP contribution in [0.4, 0.5) is 0 Å². The molecule has 0 aliphatic carbocycles. The molecule has 0 aromatic heterocycles. The van der Waals surface area contributed by atoms with Crippen molar-refractivity contribution in [3.8, 4) is 0 Å². The zero-order valence-electron chi connectivity index (χ0n) is 9.91. The highest BCUT2D eigenvalue weighted by Gasteiger charge is 2.23. The largest absolute Gasteiger partial charge is 0.343 e. The smallest absolute Gasteiger partial charge is 0.222 e. The Hall–Kier alpha value is -0.180. The lowest BCUT2D eigenvalue weighted by Crippen LogP contribution is -2.31. The Morgan fingerprint density at radius 2 is 2.20 bits per heavy atom. The Bertz CT molecular complexity index is 206. The molecule has 3 heteroatoms. The zero-order valence-corrected chi connectivity index (χ0v) is 10.8. The Kier molecular flexibility index (Phi) is 5.51. The second-order valence-corrected chi connectivity index (χ2v) is 5.24. The number of nitrogens with zero attached hydrogens (tertiary/aromatic N) is 1. The van der Waals surface area contributed by atoms with Gasteiger partial charge in [0.25, 0.3) is 0 Å². The van der Waals surface area contributed by atoms with Gasteiger partial charge in [0.15, 0.2) is 0 Å². The molecule has 1 saturated heterocycles. The molecule has 15 heavy (non-hydrogen) atoms. The van der Waals surface area contributed by atoms with E-state index in [-0.39, 0.29) is 0 Å². The molecule has 0 radical (unpaired) electrons. The van der Waals surface area contributed by atoms with E-state index in [0.717, 1.165) is 44.0 Å². The quantitative estimate of drug-likeness (QED) is 0.735. The van der Waals surface area contributed by atoms with Gasteiger partial charge < -0.3 is 4.90 Å². The summed E-state index contributed by atoms with van der Waals surface area (Å²) in [6.45, 7) is 6.37. The van der Waals surface area contributed by atoms with Crippen LogP contribution in [0, 0.1) is 11.8 Å². The molecule has 1 aliphatic heterocycles. The van der Waals surface area contributed by atoms with Crippen LogP contribution in [0.2, 0.25) is 0 Å². The van der Waals surface area contributed by atoms with Crippen molar-refractivity contribution in [2.45, 2.75) is 39.5 Å². The summed E-state index contributed by atoms with van der Waals surface area (Å²) in [6.07, 6.45) is 4.01. The maximum absolute atomic E-state index is 11.8. The van der Waals surface area contributed by atoms with Gasteiger partial charge in [-0.2, -0.15) is 12.6 Å². The van der Waals surface area contributed by atoms with Gasteiger partial charge in [-0.3, -0.25) is 4.79 Å². The van der Waals surface area contributed by atoms with Crippen LogP contribution in [-0.4, -0.2) is 29.6 Å². The van der Waals surface area contributed by atoms with Gasteiger partial charge in [-0.15, -0.1) is 0 Å². The molecule has 0 aromatic rings. The Morgan fingerprint density at radius 1 is 1.47 bits per heavy atom. The Morgan fingerprint density at radius 3 is 2.80 bits per heavy atom. The van der Waals surface area contributed by atoms with Crippen molar-refractivity contribution in [2.24, 2.45) is 11.8 Å². The first-order valence-corrected chi connectivity index (χ1v) is 6.67. The molecule has 88 valence electrons. The molecule has 0 spiro atoms. The van der Waals surface area contributed by atoms with Crippen LogP contribution in [-0.2, 0) is 4.79 Å². The van der Waals surface area contributed by atoms with Crippen LogP contribution in [0.1, 0.15) is 39.5 Å². The van der Waals surface area contributed by atoms with Crippen molar-refractivity contribution in [1.82, 2.24) is 4.90 Å². The maximum atomic E-state index is 11.8. The lowest BCUT2D eigenvalue weighted by atomic mass is 9.89. The van der Waals surface area contributed by atoms with Crippen LogP contribution in [0.25, 0.3) is 0 Å². The van der Waals surface area contributed by atoms with Gasteiger partial charge in [0, 0.05) is 19.5 Å². The zero-order chi connectivity index (χ0) is 11.3. The monoisotopic (exact) mass is 229 g/mol. The summed E-state index contributed by atoms with van der Waals surface area (Å²) < 4.78 is 0. The van der Waals surface area contributed by atoms with Gasteiger partial charge in [-0.1, -0.05) is 13.8 Å². The second-order valence-electron chi connectivity index (χ2n) is 4.79. The molecule has 1 unspecified atom stereocenters. The molecule has 0 N–H and O–H groups in total. The first-order chi connectivity index (χ1) is 7.15. The number of hydrogen-bond donors (Lipinski definition) is 1. The van der Waals surface area contributed by atoms with Crippen LogP contribution < -0.4 is 0 Å². The standard InChI is InChI=1S/C12H23NOS/c1-10(2)11-4-5-12(14)13(8-6-11)7-3-9-15/h10-11,15H,3-9H2,1-2H3. The number of carbonyl (C=O) groups is 1. The molecule has 0 aromatic carbocycles. The molecule has 2 nitrogen and oxygen atoms in total. The Labute approximate surface area is 98.8 Å². The number of rotatable bonds is 4. The molecule has 1 aliphatic rings. The minimum Gasteiger partial charge on any atom is -0.343 e. The summed E-state index contributed by atoms with van der Waals surface area (Å²) in [6, 6.07) is 0. The predicted molar refractivity (Wildman–Crippen MR) is 67.2 cm³/mol. The number of amides is 1. The Balaban J connectivity index is 2.44. The fourth-order valence-electron chi connectivity index (χ4n) is 2.22. The van der Waals surface area contributed by atoms with Crippen LogP contribution in [0.5, 0.6) is 0 Å². The SMILES string of the molecule is CC(C)C1CCC(=O)N(CCCS)CC1. The molecule has 0 saturated carbocycles. The minimum absolute atomic E-state index is 0.347. The summed E-state index contributed by atoms with van der Waals surface area (Å²) in [5, 5.41) is 0. The van der Waals surface area contributed by atoms with E-state index < -0.39 is 0 Å². The van der Waals surface area contributed by atoms with E-state index in [1.165, 1.54) is 6.42 Å². The summed E-state index contributed by atoms with van der Waals surface area (Å²) >= 11 is 4.19. The summed E-state index contributed by atoms with van der Waals surface area (Å²) in [5.74, 6) is 2.66. The fraction of sp³-hybridized carbons (Fsp3) is 0.917. The van der Waals surface area contributed by atoms with E-state index in [1.54, 1.807) is 0 Å². The van der Waals surface area contributed by atoms with Gasteiger partial charge >= 0.3 is 0 Å². The summed E-state index contributed by atoms with van der Waals surface area (Å²) in [5.41, 5.74) is 0. The van der Waals surface area contributed by atoms with Crippen molar-refractivity contribution in [3.63, 3.8) is 0 Å². The van der Waals surface area contributed by atoms with Crippen LogP contribution >= 0.6 is 12.6 Å². The van der Waals surface area contributed by atoms with Crippen molar-refractivity contribution >= 4 is 18.5 Å². The molecular formula is C12H23NOS. The van der Waals surface area contributed by atoms with E-state index in [2.05, 4.69) is 26.5 Å². The molecule has 1 fully saturated rings. The third-order valence-corrected chi connectivity index (χ3v) is 3.70. The summed E-state index contributed by atoms with van der Waals surface area (Å²) in [7, 11) is 0. The van der Waals surface area contributed by atoms with Gasteiger partial charge in [-0.25, -0.2) is 0 Å². The van der Waals surface area contributed by atoms with Crippen LogP contribution in [0.3, 0.4) is 0 Å². The second kappa shape index (κ2) is 6.41. The van der Waals surface area contributed by atoms with E-state index >= 15 is 0 Å². The highest BCUT2D eigenvalue weighted by Crippen LogP contribution is 2.25. The first-order valence-electron chi connectivity index (χ1n) is 6.03. The van der Waals surface area contributed by atoms with E-state index in [9.17, 15) is 4.79 Å². The van der Waals surface area contributed by atoms with E-state index in [1.807, 2.05) is 4.90 Å². The molecule has 1 atom stereocenters. The van der Waals surface area contributed by atoms with E-state index in [0.29, 0.717) is 11.8 Å². The number of likely N-dealkylation sites (tertiary alicyclic amines) is 1. The third-order valence-electron chi connectivity index (χ3n) is 3.38. The molecule has 1 heterocycles. The lowest BCUT2D eigenvalue weighted by molar-refractivity contribution is -0.130. The molecule has 1 rings (SSSR count). The number of thiol groups is 1. The van der Waals surface area contributed by atoms with Gasteiger partial charge in [-0.05, 0) is 36.9 Å². The average molecular weight is 229 g/mol. The maximum Gasteiger partial charge on any atom is 0.222 e. The van der Waals surface area contributed by atoms with Crippen molar-refractivity contribution in [3.05, 3.63) is 0 Å². The van der Waals surface area contributed by atoms with Crippen LogP contribution in [0.15, 0.2) is 0 Å². The lowest BCUT2D eigenvalue weighted by Gasteiger charge is -2.21. The highest BCUT2D eigenvalue weighted by atomic mass is 32.1. The molecular weight excluding hydrogens is 206 g/mol. The predicted octanol–water partition coefficient (Wildman–Crippen LogP) is 2.59. The van der Waals surface area contributed by atoms with Gasteiger partial charge in [0.1, 0.15) is 0 Å². The minimum atomic E-state index is 0.347. The van der Waals surface area contributed by atoms with Crippen molar-refractivity contribution in [1.29, 1.82) is 0 Å². The third kappa shape index (κ3) is 4.06. The first kappa shape index (κ1) is 12.9. The van der Waals surface area contributed by atoms with Crippen molar-refractivity contribution < 1.29 is 4.79 Å². The average Bonchev–Trinajstić information content (AvgIpc) is 2.38. The summed E-state index contributed by atoms with van der Waals surface area (Å²) in [4.78, 5) is 13.8. The van der Waals surface area contributed by atoms with Gasteiger partial charge in [0.05, 0.1) is 0 Å². The number of carbonyl (C=O) groups excluding carboxylic acids is 1. The van der Waals surface area contributed by atoms with E-state index in [4.69, 9.17) is 0 Å². The fourth-order valence-corrected chi connectivity index (χ4v) is 2.36. The topological polar surface area (TPSA) is 20.3 Å². The van der Waals surface area contributed by atoms with Gasteiger partial charge in [0.2, 0.25) is 5.91 Å². The normalized spacial score (nSPS) is 23.3. The number of hydrogen-bond acceptors (Lipinski definition) is 2. The molecule has 0 bridgehead atoms. The highest BCUT2D eigenvalue weighted by molar-refractivity contribution is 7.80. The molecule has 1 amide bonds.